The summed E-state index contributed by atoms with van der Waals surface area (Å²) >= 11 is 0. The van der Waals surface area contributed by atoms with Crippen molar-refractivity contribution in [2.75, 3.05) is 14.2 Å². The van der Waals surface area contributed by atoms with Gasteiger partial charge in [-0.1, -0.05) is 30.3 Å². The predicted octanol–water partition coefficient (Wildman–Crippen LogP) is 2.27. The highest BCUT2D eigenvalue weighted by molar-refractivity contribution is 6.15. The van der Waals surface area contributed by atoms with Gasteiger partial charge in [0, 0.05) is 5.56 Å². The van der Waals surface area contributed by atoms with Gasteiger partial charge in [-0.05, 0) is 6.07 Å². The topological polar surface area (TPSA) is 74.3 Å². The number of carbonyl (C=O) groups is 2. The van der Waals surface area contributed by atoms with Crippen molar-refractivity contribution in [1.82, 2.24) is 14.2 Å². The SMILES string of the molecule is COC(=O)c1c(C(=O)OC)c2c(-c3ccccc3)nn3ccc1n23. The first-order valence-electron chi connectivity index (χ1n) is 7.24. The zero-order valence-electron chi connectivity index (χ0n) is 13.0. The highest BCUT2D eigenvalue weighted by atomic mass is 16.5. The second kappa shape index (κ2) is 5.09. The molecular weight excluding hydrogens is 310 g/mol. The number of aromatic nitrogens is 3. The molecule has 7 nitrogen and oxygen atoms in total. The summed E-state index contributed by atoms with van der Waals surface area (Å²) in [6.07, 6.45) is 1.72. The number of rotatable bonds is 3. The monoisotopic (exact) mass is 323 g/mol. The summed E-state index contributed by atoms with van der Waals surface area (Å²) in [7, 11) is 2.56. The Hall–Kier alpha value is -3.35. The maximum atomic E-state index is 12.4. The molecule has 0 fully saturated rings. The minimum atomic E-state index is -0.605. The number of nitrogens with zero attached hydrogens (tertiary/aromatic N) is 3. The number of ether oxygens (including phenoxy) is 2. The van der Waals surface area contributed by atoms with Gasteiger partial charge < -0.3 is 9.47 Å². The Bertz CT molecular complexity index is 1060. The normalized spacial score (nSPS) is 11.2. The van der Waals surface area contributed by atoms with Gasteiger partial charge in [0.25, 0.3) is 0 Å². The number of hydrogen-bond acceptors (Lipinski definition) is 5. The van der Waals surface area contributed by atoms with Crippen molar-refractivity contribution in [2.24, 2.45) is 0 Å². The summed E-state index contributed by atoms with van der Waals surface area (Å²) in [6, 6.07) is 11.2. The number of benzene rings is 1. The van der Waals surface area contributed by atoms with Gasteiger partial charge in [0.05, 0.1) is 25.9 Å². The molecule has 3 heterocycles. The Morgan fingerprint density at radius 2 is 1.62 bits per heavy atom. The summed E-state index contributed by atoms with van der Waals surface area (Å²) in [6.45, 7) is 0. The van der Waals surface area contributed by atoms with Gasteiger partial charge in [-0.3, -0.25) is 0 Å². The lowest BCUT2D eigenvalue weighted by Crippen LogP contribution is -2.10. The van der Waals surface area contributed by atoms with Crippen LogP contribution >= 0.6 is 0 Å². The summed E-state index contributed by atoms with van der Waals surface area (Å²) in [5.74, 6) is -1.20. The van der Waals surface area contributed by atoms with Crippen molar-refractivity contribution < 1.29 is 19.1 Å². The van der Waals surface area contributed by atoms with E-state index in [9.17, 15) is 9.59 Å². The third kappa shape index (κ3) is 1.75. The fourth-order valence-corrected chi connectivity index (χ4v) is 3.00. The minimum Gasteiger partial charge on any atom is -0.465 e. The van der Waals surface area contributed by atoms with E-state index in [0.29, 0.717) is 16.7 Å². The Balaban J connectivity index is 2.16. The van der Waals surface area contributed by atoms with Crippen molar-refractivity contribution in [2.45, 2.75) is 0 Å². The second-order valence-electron chi connectivity index (χ2n) is 5.23. The van der Waals surface area contributed by atoms with Crippen LogP contribution in [0.15, 0.2) is 42.6 Å². The van der Waals surface area contributed by atoms with E-state index in [0.717, 1.165) is 5.56 Å². The molecule has 0 saturated heterocycles. The zero-order valence-corrected chi connectivity index (χ0v) is 13.0. The van der Waals surface area contributed by atoms with E-state index in [-0.39, 0.29) is 11.1 Å². The largest absolute Gasteiger partial charge is 0.465 e. The molecule has 120 valence electrons. The van der Waals surface area contributed by atoms with E-state index in [2.05, 4.69) is 5.10 Å². The zero-order chi connectivity index (χ0) is 16.8. The van der Waals surface area contributed by atoms with E-state index >= 15 is 0 Å². The number of hydrogen-bond donors (Lipinski definition) is 0. The van der Waals surface area contributed by atoms with Crippen LogP contribution in [0, 0.1) is 0 Å². The van der Waals surface area contributed by atoms with Crippen LogP contribution < -0.4 is 0 Å². The summed E-state index contributed by atoms with van der Waals surface area (Å²) in [5, 5.41) is 4.53. The van der Waals surface area contributed by atoms with Crippen LogP contribution in [0.25, 0.3) is 22.3 Å². The van der Waals surface area contributed by atoms with Crippen molar-refractivity contribution in [3.05, 3.63) is 53.7 Å². The van der Waals surface area contributed by atoms with Crippen LogP contribution in [0.1, 0.15) is 20.7 Å². The smallest absolute Gasteiger partial charge is 0.341 e. The molecule has 1 aromatic carbocycles. The Labute approximate surface area is 136 Å². The molecule has 0 unspecified atom stereocenters. The number of esters is 2. The van der Waals surface area contributed by atoms with Gasteiger partial charge in [-0.25, -0.2) is 14.1 Å². The van der Waals surface area contributed by atoms with Crippen LogP contribution in [-0.4, -0.2) is 40.4 Å². The molecule has 0 saturated carbocycles. The molecular formula is C17H13N3O4. The van der Waals surface area contributed by atoms with Crippen molar-refractivity contribution in [3.8, 4) is 11.3 Å². The number of carbonyl (C=O) groups excluding carboxylic acids is 2. The van der Waals surface area contributed by atoms with Crippen LogP contribution in [0.2, 0.25) is 0 Å². The highest BCUT2D eigenvalue weighted by Gasteiger charge is 2.32. The molecule has 24 heavy (non-hydrogen) atoms. The molecule has 0 aliphatic heterocycles. The highest BCUT2D eigenvalue weighted by Crippen LogP contribution is 2.34. The molecule has 0 N–H and O–H groups in total. The molecule has 0 bridgehead atoms. The van der Waals surface area contributed by atoms with Gasteiger partial charge >= 0.3 is 11.9 Å². The van der Waals surface area contributed by atoms with Crippen LogP contribution in [-0.2, 0) is 9.47 Å². The summed E-state index contributed by atoms with van der Waals surface area (Å²) < 4.78 is 13.1. The summed E-state index contributed by atoms with van der Waals surface area (Å²) in [4.78, 5) is 24.7. The van der Waals surface area contributed by atoms with Gasteiger partial charge in [0.1, 0.15) is 22.3 Å². The predicted molar refractivity (Wildman–Crippen MR) is 85.4 cm³/mol. The third-order valence-electron chi connectivity index (χ3n) is 4.01. The molecule has 0 aliphatic carbocycles. The van der Waals surface area contributed by atoms with Gasteiger partial charge in [-0.2, -0.15) is 4.63 Å². The minimum absolute atomic E-state index is 0.161. The van der Waals surface area contributed by atoms with Crippen LogP contribution in [0.5, 0.6) is 0 Å². The molecule has 7 heteroatoms. The van der Waals surface area contributed by atoms with Crippen LogP contribution in [0.3, 0.4) is 0 Å². The molecule has 0 amide bonds. The molecule has 0 radical (unpaired) electrons. The van der Waals surface area contributed by atoms with E-state index in [4.69, 9.17) is 9.47 Å². The molecule has 0 aliphatic rings. The van der Waals surface area contributed by atoms with E-state index in [1.54, 1.807) is 21.4 Å². The first-order chi connectivity index (χ1) is 11.7. The molecule has 4 aromatic rings. The van der Waals surface area contributed by atoms with Crippen molar-refractivity contribution in [3.63, 3.8) is 0 Å². The fraction of sp³-hybridized carbons (Fsp3) is 0.118. The van der Waals surface area contributed by atoms with Gasteiger partial charge in [-0.15, -0.1) is 5.10 Å². The van der Waals surface area contributed by atoms with E-state index in [1.165, 1.54) is 14.2 Å². The first-order valence-corrected chi connectivity index (χ1v) is 7.24. The molecule has 3 aromatic heterocycles. The average molecular weight is 323 g/mol. The van der Waals surface area contributed by atoms with E-state index < -0.39 is 11.9 Å². The molecule has 4 rings (SSSR count). The van der Waals surface area contributed by atoms with Crippen molar-refractivity contribution in [1.29, 1.82) is 0 Å². The lowest BCUT2D eigenvalue weighted by molar-refractivity contribution is 0.0559. The molecule has 0 atom stereocenters. The van der Waals surface area contributed by atoms with Crippen LogP contribution in [0.4, 0.5) is 0 Å². The Morgan fingerprint density at radius 1 is 0.958 bits per heavy atom. The number of methoxy groups -OCH3 is 2. The van der Waals surface area contributed by atoms with Crippen molar-refractivity contribution >= 4 is 23.0 Å². The van der Waals surface area contributed by atoms with Gasteiger partial charge in [0.2, 0.25) is 0 Å². The molecule has 0 spiro atoms. The average Bonchev–Trinajstić information content (AvgIpc) is 3.28. The van der Waals surface area contributed by atoms with E-state index in [1.807, 2.05) is 30.3 Å². The maximum Gasteiger partial charge on any atom is 0.341 e. The van der Waals surface area contributed by atoms with Gasteiger partial charge in [0.15, 0.2) is 0 Å². The third-order valence-corrected chi connectivity index (χ3v) is 4.01. The summed E-state index contributed by atoms with van der Waals surface area (Å²) in [5.41, 5.74) is 2.84. The Morgan fingerprint density at radius 3 is 2.29 bits per heavy atom. The maximum absolute atomic E-state index is 12.4. The Kier molecular flexibility index (Phi) is 3.02. The quantitative estimate of drug-likeness (QED) is 0.541. The lowest BCUT2D eigenvalue weighted by Gasteiger charge is -2.02. The standard InChI is InChI=1S/C17H13N3O4/c1-23-16(21)12-11-8-9-19-18-14(10-6-4-3-5-7-10)15(20(11)19)13(12)17(22)24-2/h3-9H,1-2H3. The second-order valence-corrected chi connectivity index (χ2v) is 5.23. The fourth-order valence-electron chi connectivity index (χ4n) is 3.00. The first kappa shape index (κ1) is 14.3. The lowest BCUT2D eigenvalue weighted by atomic mass is 10.1.